The summed E-state index contributed by atoms with van der Waals surface area (Å²) in [5, 5.41) is 3.66. The predicted octanol–water partition coefficient (Wildman–Crippen LogP) is 3.61. The molecule has 2 heteroatoms. The molecule has 0 rings (SSSR count). The molecule has 2 nitrogen and oxygen atoms in total. The fourth-order valence-electron chi connectivity index (χ4n) is 1.86. The smallest absolute Gasteiger partial charge is 0.0465 e. The lowest BCUT2D eigenvalue weighted by atomic mass is 9.83. The van der Waals surface area contributed by atoms with Gasteiger partial charge in [0.05, 0.1) is 0 Å². The van der Waals surface area contributed by atoms with Crippen molar-refractivity contribution in [2.24, 2.45) is 5.41 Å². The van der Waals surface area contributed by atoms with E-state index >= 15 is 0 Å². The predicted molar refractivity (Wildman–Crippen MR) is 71.9 cm³/mol. The lowest BCUT2D eigenvalue weighted by Gasteiger charge is -2.31. The minimum absolute atomic E-state index is 0.362. The standard InChI is InChI=1S/C14H31NO/c1-6-11-15-13(14(3,4)5)10-8-9-12-16-7-2/h13,15H,6-12H2,1-5H3. The first-order valence-corrected chi connectivity index (χ1v) is 6.83. The van der Waals surface area contributed by atoms with Gasteiger partial charge in [0.25, 0.3) is 0 Å². The van der Waals surface area contributed by atoms with E-state index in [1.54, 1.807) is 0 Å². The quantitative estimate of drug-likeness (QED) is 0.610. The van der Waals surface area contributed by atoms with E-state index in [1.165, 1.54) is 25.7 Å². The van der Waals surface area contributed by atoms with Crippen molar-refractivity contribution >= 4 is 0 Å². The zero-order valence-electron chi connectivity index (χ0n) is 11.9. The molecule has 0 spiro atoms. The van der Waals surface area contributed by atoms with Crippen LogP contribution in [0.5, 0.6) is 0 Å². The molecule has 0 bridgehead atoms. The highest BCUT2D eigenvalue weighted by Gasteiger charge is 2.22. The van der Waals surface area contributed by atoms with Gasteiger partial charge in [0.15, 0.2) is 0 Å². The summed E-state index contributed by atoms with van der Waals surface area (Å²) in [6.07, 6.45) is 4.93. The fraction of sp³-hybridized carbons (Fsp3) is 1.00. The third-order valence-electron chi connectivity index (χ3n) is 2.92. The molecule has 0 saturated carbocycles. The second-order valence-corrected chi connectivity index (χ2v) is 5.57. The molecule has 0 radical (unpaired) electrons. The van der Waals surface area contributed by atoms with Gasteiger partial charge in [0.2, 0.25) is 0 Å². The summed E-state index contributed by atoms with van der Waals surface area (Å²) in [6.45, 7) is 14.1. The SMILES string of the molecule is CCCNC(CCCCOCC)C(C)(C)C. The monoisotopic (exact) mass is 229 g/mol. The number of hydrogen-bond donors (Lipinski definition) is 1. The number of ether oxygens (including phenoxy) is 1. The van der Waals surface area contributed by atoms with Crippen LogP contribution < -0.4 is 5.32 Å². The van der Waals surface area contributed by atoms with Crippen molar-refractivity contribution in [1.82, 2.24) is 5.32 Å². The van der Waals surface area contributed by atoms with Crippen LogP contribution in [0.4, 0.5) is 0 Å². The molecule has 0 saturated heterocycles. The summed E-state index contributed by atoms with van der Waals surface area (Å²) in [5.74, 6) is 0. The van der Waals surface area contributed by atoms with E-state index < -0.39 is 0 Å². The summed E-state index contributed by atoms with van der Waals surface area (Å²) in [5.41, 5.74) is 0.362. The molecule has 0 aliphatic carbocycles. The number of unbranched alkanes of at least 4 members (excludes halogenated alkanes) is 1. The van der Waals surface area contributed by atoms with E-state index in [4.69, 9.17) is 4.74 Å². The van der Waals surface area contributed by atoms with E-state index in [-0.39, 0.29) is 0 Å². The Bertz CT molecular complexity index is 151. The van der Waals surface area contributed by atoms with Gasteiger partial charge in [-0.1, -0.05) is 27.7 Å². The molecule has 1 N–H and O–H groups in total. The van der Waals surface area contributed by atoms with E-state index in [9.17, 15) is 0 Å². The van der Waals surface area contributed by atoms with Crippen LogP contribution in [0, 0.1) is 5.41 Å². The van der Waals surface area contributed by atoms with Crippen molar-refractivity contribution in [2.45, 2.75) is 66.3 Å². The molecule has 98 valence electrons. The third kappa shape index (κ3) is 8.12. The topological polar surface area (TPSA) is 21.3 Å². The van der Waals surface area contributed by atoms with E-state index in [0.29, 0.717) is 11.5 Å². The van der Waals surface area contributed by atoms with Gasteiger partial charge in [-0.25, -0.2) is 0 Å². The van der Waals surface area contributed by atoms with Crippen LogP contribution in [0.15, 0.2) is 0 Å². The van der Waals surface area contributed by atoms with Crippen molar-refractivity contribution < 1.29 is 4.74 Å². The molecule has 0 fully saturated rings. The normalized spacial score (nSPS) is 14.1. The van der Waals surface area contributed by atoms with Gasteiger partial charge in [-0.15, -0.1) is 0 Å². The summed E-state index contributed by atoms with van der Waals surface area (Å²) in [4.78, 5) is 0. The Labute approximate surface area is 102 Å². The first kappa shape index (κ1) is 15.9. The molecule has 0 aliphatic heterocycles. The van der Waals surface area contributed by atoms with Gasteiger partial charge in [-0.05, 0) is 44.6 Å². The van der Waals surface area contributed by atoms with Crippen LogP contribution in [0.1, 0.15) is 60.3 Å². The zero-order chi connectivity index (χ0) is 12.4. The Kier molecular flexibility index (Phi) is 8.96. The van der Waals surface area contributed by atoms with E-state index in [2.05, 4.69) is 39.9 Å². The number of rotatable bonds is 9. The number of nitrogens with one attached hydrogen (secondary N) is 1. The van der Waals surface area contributed by atoms with Crippen LogP contribution >= 0.6 is 0 Å². The van der Waals surface area contributed by atoms with Gasteiger partial charge >= 0.3 is 0 Å². The van der Waals surface area contributed by atoms with Crippen molar-refractivity contribution in [2.75, 3.05) is 19.8 Å². The Morgan fingerprint density at radius 2 is 1.81 bits per heavy atom. The Morgan fingerprint density at radius 3 is 2.31 bits per heavy atom. The Hall–Kier alpha value is -0.0800. The maximum atomic E-state index is 5.36. The maximum absolute atomic E-state index is 5.36. The largest absolute Gasteiger partial charge is 0.382 e. The highest BCUT2D eigenvalue weighted by molar-refractivity contribution is 4.80. The lowest BCUT2D eigenvalue weighted by Crippen LogP contribution is -2.40. The molecule has 16 heavy (non-hydrogen) atoms. The Morgan fingerprint density at radius 1 is 1.12 bits per heavy atom. The summed E-state index contributed by atoms with van der Waals surface area (Å²) in [6, 6.07) is 0.633. The molecule has 0 aromatic carbocycles. The van der Waals surface area contributed by atoms with Crippen LogP contribution in [0.3, 0.4) is 0 Å². The average molecular weight is 229 g/mol. The minimum Gasteiger partial charge on any atom is -0.382 e. The molecule has 0 aliphatic rings. The Balaban J connectivity index is 3.75. The summed E-state index contributed by atoms with van der Waals surface area (Å²) in [7, 11) is 0. The molecule has 1 atom stereocenters. The van der Waals surface area contributed by atoms with Gasteiger partial charge in [0, 0.05) is 19.3 Å². The molecule has 1 unspecified atom stereocenters. The van der Waals surface area contributed by atoms with E-state index in [0.717, 1.165) is 19.8 Å². The molecular weight excluding hydrogens is 198 g/mol. The molecule has 0 aromatic rings. The van der Waals surface area contributed by atoms with Crippen molar-refractivity contribution in [3.63, 3.8) is 0 Å². The second-order valence-electron chi connectivity index (χ2n) is 5.57. The van der Waals surface area contributed by atoms with Crippen LogP contribution in [-0.4, -0.2) is 25.8 Å². The van der Waals surface area contributed by atoms with Crippen LogP contribution in [0.2, 0.25) is 0 Å². The van der Waals surface area contributed by atoms with Crippen LogP contribution in [-0.2, 0) is 4.74 Å². The van der Waals surface area contributed by atoms with Gasteiger partial charge in [-0.2, -0.15) is 0 Å². The van der Waals surface area contributed by atoms with E-state index in [1.807, 2.05) is 0 Å². The summed E-state index contributed by atoms with van der Waals surface area (Å²) >= 11 is 0. The van der Waals surface area contributed by atoms with Gasteiger partial charge in [0.1, 0.15) is 0 Å². The second kappa shape index (κ2) is 9.00. The highest BCUT2D eigenvalue weighted by Crippen LogP contribution is 2.23. The first-order chi connectivity index (χ1) is 7.52. The fourth-order valence-corrected chi connectivity index (χ4v) is 1.86. The highest BCUT2D eigenvalue weighted by atomic mass is 16.5. The molecule has 0 heterocycles. The molecule has 0 aromatic heterocycles. The minimum atomic E-state index is 0.362. The number of hydrogen-bond acceptors (Lipinski definition) is 2. The third-order valence-corrected chi connectivity index (χ3v) is 2.92. The van der Waals surface area contributed by atoms with Crippen LogP contribution in [0.25, 0.3) is 0 Å². The van der Waals surface area contributed by atoms with Crippen molar-refractivity contribution in [3.05, 3.63) is 0 Å². The van der Waals surface area contributed by atoms with Crippen molar-refractivity contribution in [3.8, 4) is 0 Å². The summed E-state index contributed by atoms with van der Waals surface area (Å²) < 4.78 is 5.36. The lowest BCUT2D eigenvalue weighted by molar-refractivity contribution is 0.139. The van der Waals surface area contributed by atoms with Crippen molar-refractivity contribution in [1.29, 1.82) is 0 Å². The van der Waals surface area contributed by atoms with Gasteiger partial charge in [-0.3, -0.25) is 0 Å². The zero-order valence-corrected chi connectivity index (χ0v) is 11.9. The molecular formula is C14H31NO. The molecule has 0 amide bonds. The van der Waals surface area contributed by atoms with Gasteiger partial charge < -0.3 is 10.1 Å². The maximum Gasteiger partial charge on any atom is 0.0465 e. The average Bonchev–Trinajstić information content (AvgIpc) is 2.20. The first-order valence-electron chi connectivity index (χ1n) is 6.83.